The molecule has 5 heteroatoms. The molecule has 3 aromatic carbocycles. The second kappa shape index (κ2) is 11.9. The minimum Gasteiger partial charge on any atom is -0.374 e. The molecular formula is C27H30O5. The maximum absolute atomic E-state index is 10.7. The van der Waals surface area contributed by atoms with E-state index in [0.717, 1.165) is 16.7 Å². The number of ether oxygens (including phenoxy) is 4. The highest BCUT2D eigenvalue weighted by atomic mass is 16.7. The van der Waals surface area contributed by atoms with Crippen LogP contribution in [0, 0.1) is 0 Å². The van der Waals surface area contributed by atoms with Crippen molar-refractivity contribution in [1.29, 1.82) is 0 Å². The molecule has 0 amide bonds. The van der Waals surface area contributed by atoms with E-state index < -0.39 is 12.4 Å². The number of aliphatic hydroxyl groups excluding tert-OH is 1. The molecule has 0 radical (unpaired) electrons. The largest absolute Gasteiger partial charge is 0.374 e. The lowest BCUT2D eigenvalue weighted by Gasteiger charge is -2.39. The predicted octanol–water partition coefficient (Wildman–Crippen LogP) is 4.48. The van der Waals surface area contributed by atoms with Gasteiger partial charge >= 0.3 is 0 Å². The zero-order chi connectivity index (χ0) is 22.0. The SMILES string of the molecule is O[C@H]1O[C@H](COCc2ccccc2)C[C@H](OCc2ccccc2)[C@H]1OCc1ccccc1. The molecule has 1 heterocycles. The molecule has 0 aliphatic carbocycles. The third-order valence-electron chi connectivity index (χ3n) is 5.48. The van der Waals surface area contributed by atoms with Gasteiger partial charge in [0, 0.05) is 6.42 Å². The van der Waals surface area contributed by atoms with Crippen LogP contribution in [0.5, 0.6) is 0 Å². The maximum Gasteiger partial charge on any atom is 0.184 e. The van der Waals surface area contributed by atoms with Gasteiger partial charge in [0.05, 0.1) is 38.6 Å². The molecule has 0 bridgehead atoms. The Kier molecular flexibility index (Phi) is 8.42. The van der Waals surface area contributed by atoms with Gasteiger partial charge in [-0.1, -0.05) is 91.0 Å². The van der Waals surface area contributed by atoms with Gasteiger partial charge < -0.3 is 24.1 Å². The van der Waals surface area contributed by atoms with E-state index in [1.54, 1.807) is 0 Å². The molecule has 1 aliphatic rings. The quantitative estimate of drug-likeness (QED) is 0.510. The lowest BCUT2D eigenvalue weighted by Crippen LogP contribution is -2.51. The monoisotopic (exact) mass is 434 g/mol. The Bertz CT molecular complexity index is 903. The summed E-state index contributed by atoms with van der Waals surface area (Å²) in [5.41, 5.74) is 3.21. The normalized spacial score (nSPS) is 23.2. The Morgan fingerprint density at radius 2 is 1.19 bits per heavy atom. The van der Waals surface area contributed by atoms with Crippen LogP contribution in [-0.2, 0) is 38.8 Å². The summed E-state index contributed by atoms with van der Waals surface area (Å²) in [4.78, 5) is 0. The van der Waals surface area contributed by atoms with Crippen molar-refractivity contribution in [3.63, 3.8) is 0 Å². The Hall–Kier alpha value is -2.54. The van der Waals surface area contributed by atoms with Crippen LogP contribution in [0.1, 0.15) is 23.1 Å². The van der Waals surface area contributed by atoms with Gasteiger partial charge in [-0.25, -0.2) is 0 Å². The van der Waals surface area contributed by atoms with Crippen molar-refractivity contribution in [2.75, 3.05) is 6.61 Å². The van der Waals surface area contributed by atoms with Gasteiger partial charge in [0.1, 0.15) is 6.10 Å². The van der Waals surface area contributed by atoms with E-state index in [-0.39, 0.29) is 12.2 Å². The zero-order valence-electron chi connectivity index (χ0n) is 18.1. The topological polar surface area (TPSA) is 57.2 Å². The third kappa shape index (κ3) is 6.73. The zero-order valence-corrected chi connectivity index (χ0v) is 18.1. The second-order valence-corrected chi connectivity index (χ2v) is 7.98. The molecule has 32 heavy (non-hydrogen) atoms. The average Bonchev–Trinajstić information content (AvgIpc) is 2.84. The lowest BCUT2D eigenvalue weighted by atomic mass is 10.0. The summed E-state index contributed by atoms with van der Waals surface area (Å²) in [5, 5.41) is 10.7. The summed E-state index contributed by atoms with van der Waals surface area (Å²) in [6.45, 7) is 1.70. The molecule has 0 spiro atoms. The fourth-order valence-electron chi connectivity index (χ4n) is 3.79. The van der Waals surface area contributed by atoms with E-state index >= 15 is 0 Å². The Balaban J connectivity index is 1.36. The highest BCUT2D eigenvalue weighted by Crippen LogP contribution is 2.26. The van der Waals surface area contributed by atoms with E-state index in [4.69, 9.17) is 18.9 Å². The predicted molar refractivity (Wildman–Crippen MR) is 122 cm³/mol. The molecule has 3 aromatic rings. The maximum atomic E-state index is 10.7. The van der Waals surface area contributed by atoms with E-state index in [2.05, 4.69) is 0 Å². The van der Waals surface area contributed by atoms with Gasteiger partial charge in [0.25, 0.3) is 0 Å². The van der Waals surface area contributed by atoms with E-state index in [1.165, 1.54) is 0 Å². The Labute approximate surface area is 189 Å². The number of rotatable bonds is 10. The molecule has 5 nitrogen and oxygen atoms in total. The summed E-state index contributed by atoms with van der Waals surface area (Å²) in [5.74, 6) is 0. The fourth-order valence-corrected chi connectivity index (χ4v) is 3.79. The smallest absolute Gasteiger partial charge is 0.184 e. The van der Waals surface area contributed by atoms with Crippen LogP contribution in [0.2, 0.25) is 0 Å². The summed E-state index contributed by atoms with van der Waals surface area (Å²) in [6.07, 6.45) is -1.67. The highest BCUT2D eigenvalue weighted by Gasteiger charge is 2.39. The third-order valence-corrected chi connectivity index (χ3v) is 5.48. The number of hydrogen-bond acceptors (Lipinski definition) is 5. The molecule has 4 rings (SSSR count). The van der Waals surface area contributed by atoms with Crippen LogP contribution in [-0.4, -0.2) is 36.3 Å². The van der Waals surface area contributed by atoms with Gasteiger partial charge in [0.2, 0.25) is 0 Å². The first-order chi connectivity index (χ1) is 15.8. The van der Waals surface area contributed by atoms with Crippen molar-refractivity contribution in [3.05, 3.63) is 108 Å². The van der Waals surface area contributed by atoms with Crippen LogP contribution in [0.3, 0.4) is 0 Å². The molecule has 1 aliphatic heterocycles. The van der Waals surface area contributed by atoms with Gasteiger partial charge in [0.15, 0.2) is 6.29 Å². The fraction of sp³-hybridized carbons (Fsp3) is 0.333. The van der Waals surface area contributed by atoms with Crippen molar-refractivity contribution >= 4 is 0 Å². The van der Waals surface area contributed by atoms with Crippen LogP contribution >= 0.6 is 0 Å². The van der Waals surface area contributed by atoms with Gasteiger partial charge in [-0.05, 0) is 16.7 Å². The molecule has 1 saturated heterocycles. The minimum atomic E-state index is -1.08. The lowest BCUT2D eigenvalue weighted by molar-refractivity contribution is -0.277. The van der Waals surface area contributed by atoms with Crippen molar-refractivity contribution in [3.8, 4) is 0 Å². The van der Waals surface area contributed by atoms with Crippen molar-refractivity contribution in [2.45, 2.75) is 50.8 Å². The van der Waals surface area contributed by atoms with E-state index in [0.29, 0.717) is 32.8 Å². The first kappa shape index (κ1) is 22.6. The second-order valence-electron chi connectivity index (χ2n) is 7.98. The molecule has 1 fully saturated rings. The molecule has 0 saturated carbocycles. The van der Waals surface area contributed by atoms with Gasteiger partial charge in [-0.15, -0.1) is 0 Å². The summed E-state index contributed by atoms with van der Waals surface area (Å²) >= 11 is 0. The molecule has 4 atom stereocenters. The molecule has 168 valence electrons. The van der Waals surface area contributed by atoms with Crippen molar-refractivity contribution < 1.29 is 24.1 Å². The number of aliphatic hydroxyl groups is 1. The van der Waals surface area contributed by atoms with Crippen LogP contribution in [0.25, 0.3) is 0 Å². The first-order valence-electron chi connectivity index (χ1n) is 11.0. The molecule has 0 aromatic heterocycles. The molecule has 1 N–H and O–H groups in total. The molecule has 0 unspecified atom stereocenters. The Morgan fingerprint density at radius 1 is 0.688 bits per heavy atom. The highest BCUT2D eigenvalue weighted by molar-refractivity contribution is 5.15. The van der Waals surface area contributed by atoms with Crippen molar-refractivity contribution in [1.82, 2.24) is 0 Å². The van der Waals surface area contributed by atoms with E-state index in [1.807, 2.05) is 91.0 Å². The summed E-state index contributed by atoms with van der Waals surface area (Å²) in [7, 11) is 0. The van der Waals surface area contributed by atoms with Crippen molar-refractivity contribution in [2.24, 2.45) is 0 Å². The van der Waals surface area contributed by atoms with Crippen LogP contribution < -0.4 is 0 Å². The Morgan fingerprint density at radius 3 is 1.75 bits per heavy atom. The standard InChI is InChI=1S/C27H30O5/c28-27-26(31-19-23-14-8-3-9-15-23)25(30-18-22-12-6-2-7-13-22)16-24(32-27)20-29-17-21-10-4-1-5-11-21/h1-15,24-28H,16-20H2/t24-,25-,26+,27-/m0/s1. The molecular weight excluding hydrogens is 404 g/mol. The van der Waals surface area contributed by atoms with Crippen LogP contribution in [0.15, 0.2) is 91.0 Å². The van der Waals surface area contributed by atoms with Gasteiger partial charge in [-0.3, -0.25) is 0 Å². The first-order valence-corrected chi connectivity index (χ1v) is 11.0. The van der Waals surface area contributed by atoms with Gasteiger partial charge in [-0.2, -0.15) is 0 Å². The minimum absolute atomic E-state index is 0.272. The summed E-state index contributed by atoms with van der Waals surface area (Å²) in [6, 6.07) is 29.9. The van der Waals surface area contributed by atoms with Crippen LogP contribution in [0.4, 0.5) is 0 Å². The summed E-state index contributed by atoms with van der Waals surface area (Å²) < 4.78 is 24.0. The number of benzene rings is 3. The average molecular weight is 435 g/mol. The number of hydrogen-bond donors (Lipinski definition) is 1. The van der Waals surface area contributed by atoms with E-state index in [9.17, 15) is 5.11 Å².